The summed E-state index contributed by atoms with van der Waals surface area (Å²) < 4.78 is 0. The lowest BCUT2D eigenvalue weighted by molar-refractivity contribution is 0.902. The van der Waals surface area contributed by atoms with Gasteiger partial charge in [0.25, 0.3) is 0 Å². The summed E-state index contributed by atoms with van der Waals surface area (Å²) in [6.45, 7) is 0. The highest BCUT2D eigenvalue weighted by atomic mass is 35.5. The zero-order valence-electron chi connectivity index (χ0n) is 10.8. The van der Waals surface area contributed by atoms with E-state index < -0.39 is 0 Å². The van der Waals surface area contributed by atoms with Crippen molar-refractivity contribution in [3.63, 3.8) is 0 Å². The molecule has 2 heterocycles. The van der Waals surface area contributed by atoms with Crippen molar-refractivity contribution in [3.8, 4) is 11.1 Å². The van der Waals surface area contributed by atoms with E-state index >= 15 is 0 Å². The first-order chi connectivity index (χ1) is 9.74. The smallest absolute Gasteiger partial charge is 0.126 e. The quantitative estimate of drug-likeness (QED) is 0.708. The number of aryl methyl sites for hydroxylation is 1. The maximum Gasteiger partial charge on any atom is 0.126 e. The van der Waals surface area contributed by atoms with Crippen LogP contribution < -0.4 is 5.73 Å². The molecule has 0 unspecified atom stereocenters. The highest BCUT2D eigenvalue weighted by molar-refractivity contribution is 7.17. The lowest BCUT2D eigenvalue weighted by Crippen LogP contribution is -1.97. The molecule has 0 saturated carbocycles. The standard InChI is InChI=1S/C16H13ClN2S/c17-10-6-4-9(5-7-10)12-8-20-16-14(12)15(18)11-2-1-3-13(11)19-16/h4-8H,1-3H2,(H2,18,19). The Labute approximate surface area is 126 Å². The number of hydrogen-bond acceptors (Lipinski definition) is 3. The van der Waals surface area contributed by atoms with E-state index in [2.05, 4.69) is 5.38 Å². The lowest BCUT2D eigenvalue weighted by atomic mass is 10.0. The average Bonchev–Trinajstić information content (AvgIpc) is 3.07. The van der Waals surface area contributed by atoms with Gasteiger partial charge in [-0.3, -0.25) is 0 Å². The van der Waals surface area contributed by atoms with Crippen LogP contribution in [0.5, 0.6) is 0 Å². The highest BCUT2D eigenvalue weighted by Gasteiger charge is 2.20. The summed E-state index contributed by atoms with van der Waals surface area (Å²) >= 11 is 7.63. The Morgan fingerprint density at radius 2 is 1.95 bits per heavy atom. The first-order valence-electron chi connectivity index (χ1n) is 6.68. The molecule has 4 heteroatoms. The minimum atomic E-state index is 0.750. The molecule has 20 heavy (non-hydrogen) atoms. The van der Waals surface area contributed by atoms with Gasteiger partial charge in [0, 0.05) is 32.7 Å². The fourth-order valence-corrected chi connectivity index (χ4v) is 4.06. The number of pyridine rings is 1. The van der Waals surface area contributed by atoms with Gasteiger partial charge >= 0.3 is 0 Å². The summed E-state index contributed by atoms with van der Waals surface area (Å²) in [4.78, 5) is 5.84. The number of halogens is 1. The molecule has 0 bridgehead atoms. The van der Waals surface area contributed by atoms with E-state index in [1.165, 1.54) is 23.2 Å². The van der Waals surface area contributed by atoms with Crippen molar-refractivity contribution in [3.05, 3.63) is 45.9 Å². The van der Waals surface area contributed by atoms with Gasteiger partial charge in [-0.15, -0.1) is 11.3 Å². The molecular formula is C16H13ClN2S. The second-order valence-electron chi connectivity index (χ2n) is 5.14. The maximum absolute atomic E-state index is 6.42. The number of aromatic nitrogens is 1. The summed E-state index contributed by atoms with van der Waals surface area (Å²) in [5.74, 6) is 0. The van der Waals surface area contributed by atoms with Gasteiger partial charge < -0.3 is 5.73 Å². The van der Waals surface area contributed by atoms with Crippen LogP contribution in [0.2, 0.25) is 5.02 Å². The number of nitrogens with two attached hydrogens (primary N) is 1. The van der Waals surface area contributed by atoms with E-state index in [9.17, 15) is 0 Å². The van der Waals surface area contributed by atoms with Gasteiger partial charge in [0.2, 0.25) is 0 Å². The summed E-state index contributed by atoms with van der Waals surface area (Å²) in [6.07, 6.45) is 3.28. The van der Waals surface area contributed by atoms with Gasteiger partial charge in [0.1, 0.15) is 4.83 Å². The molecule has 3 aromatic rings. The molecule has 0 aliphatic heterocycles. The van der Waals surface area contributed by atoms with Crippen molar-refractivity contribution < 1.29 is 0 Å². The molecule has 1 aromatic carbocycles. The van der Waals surface area contributed by atoms with E-state index in [1.807, 2.05) is 24.3 Å². The van der Waals surface area contributed by atoms with Gasteiger partial charge in [0.15, 0.2) is 0 Å². The third-order valence-electron chi connectivity index (χ3n) is 3.95. The van der Waals surface area contributed by atoms with Crippen LogP contribution in [0.1, 0.15) is 17.7 Å². The Balaban J connectivity index is 1.99. The minimum absolute atomic E-state index is 0.750. The second-order valence-corrected chi connectivity index (χ2v) is 6.44. The normalized spacial score (nSPS) is 13.8. The first kappa shape index (κ1) is 12.2. The average molecular weight is 301 g/mol. The van der Waals surface area contributed by atoms with Crippen molar-refractivity contribution in [1.82, 2.24) is 4.98 Å². The number of benzene rings is 1. The van der Waals surface area contributed by atoms with E-state index in [-0.39, 0.29) is 0 Å². The van der Waals surface area contributed by atoms with Crippen LogP contribution in [0.25, 0.3) is 21.3 Å². The van der Waals surface area contributed by atoms with Crippen LogP contribution >= 0.6 is 22.9 Å². The molecule has 0 spiro atoms. The van der Waals surface area contributed by atoms with Crippen LogP contribution in [0, 0.1) is 0 Å². The van der Waals surface area contributed by atoms with Crippen LogP contribution in [0.3, 0.4) is 0 Å². The molecule has 2 nitrogen and oxygen atoms in total. The van der Waals surface area contributed by atoms with Gasteiger partial charge in [-0.2, -0.15) is 0 Å². The molecule has 1 aliphatic carbocycles. The Bertz CT molecular complexity index is 805. The van der Waals surface area contributed by atoms with Crippen LogP contribution in [0.4, 0.5) is 5.69 Å². The fourth-order valence-electron chi connectivity index (χ4n) is 2.95. The monoisotopic (exact) mass is 300 g/mol. The molecule has 0 amide bonds. The van der Waals surface area contributed by atoms with E-state index in [4.69, 9.17) is 22.3 Å². The largest absolute Gasteiger partial charge is 0.398 e. The molecular weight excluding hydrogens is 288 g/mol. The Kier molecular flexibility index (Phi) is 2.72. The SMILES string of the molecule is Nc1c2c(nc3scc(-c4ccc(Cl)cc4)c13)CCC2. The lowest BCUT2D eigenvalue weighted by Gasteiger charge is -2.07. The third-order valence-corrected chi connectivity index (χ3v) is 5.07. The highest BCUT2D eigenvalue weighted by Crippen LogP contribution is 2.41. The summed E-state index contributed by atoms with van der Waals surface area (Å²) in [6, 6.07) is 7.90. The predicted octanol–water partition coefficient (Wildman–Crippen LogP) is 4.69. The van der Waals surface area contributed by atoms with Gasteiger partial charge in [-0.05, 0) is 42.5 Å². The van der Waals surface area contributed by atoms with Gasteiger partial charge in [-0.1, -0.05) is 23.7 Å². The molecule has 100 valence electrons. The fraction of sp³-hybridized carbons (Fsp3) is 0.188. The van der Waals surface area contributed by atoms with Crippen molar-refractivity contribution >= 4 is 38.8 Å². The second kappa shape index (κ2) is 4.47. The zero-order chi connectivity index (χ0) is 13.7. The molecule has 0 atom stereocenters. The third kappa shape index (κ3) is 1.74. The molecule has 0 fully saturated rings. The van der Waals surface area contributed by atoms with Crippen LogP contribution in [-0.4, -0.2) is 4.98 Å². The first-order valence-corrected chi connectivity index (χ1v) is 7.94. The number of nitrogens with zero attached hydrogens (tertiary/aromatic N) is 1. The van der Waals surface area contributed by atoms with Crippen LogP contribution in [-0.2, 0) is 12.8 Å². The Hall–Kier alpha value is -1.58. The number of rotatable bonds is 1. The summed E-state index contributed by atoms with van der Waals surface area (Å²) in [7, 11) is 0. The van der Waals surface area contributed by atoms with Crippen LogP contribution in [0.15, 0.2) is 29.6 Å². The topological polar surface area (TPSA) is 38.9 Å². The minimum Gasteiger partial charge on any atom is -0.398 e. The summed E-state index contributed by atoms with van der Waals surface area (Å²) in [5.41, 5.74) is 12.1. The molecule has 2 aromatic heterocycles. The Morgan fingerprint density at radius 1 is 1.15 bits per heavy atom. The zero-order valence-corrected chi connectivity index (χ0v) is 12.4. The van der Waals surface area contributed by atoms with Crippen molar-refractivity contribution in [2.24, 2.45) is 0 Å². The van der Waals surface area contributed by atoms with Crippen molar-refractivity contribution in [1.29, 1.82) is 0 Å². The number of nitrogen functional groups attached to an aromatic ring is 1. The number of hydrogen-bond donors (Lipinski definition) is 1. The van der Waals surface area contributed by atoms with Gasteiger partial charge in [-0.25, -0.2) is 4.98 Å². The predicted molar refractivity (Wildman–Crippen MR) is 86.5 cm³/mol. The van der Waals surface area contributed by atoms with E-state index in [1.54, 1.807) is 11.3 Å². The molecule has 0 radical (unpaired) electrons. The number of fused-ring (bicyclic) bond motifs is 2. The Morgan fingerprint density at radius 3 is 2.75 bits per heavy atom. The molecule has 1 aliphatic rings. The van der Waals surface area contributed by atoms with E-state index in [0.29, 0.717) is 0 Å². The van der Waals surface area contributed by atoms with Crippen molar-refractivity contribution in [2.45, 2.75) is 19.3 Å². The van der Waals surface area contributed by atoms with E-state index in [0.717, 1.165) is 39.3 Å². The maximum atomic E-state index is 6.42. The molecule has 4 rings (SSSR count). The molecule has 0 saturated heterocycles. The van der Waals surface area contributed by atoms with Gasteiger partial charge in [0.05, 0.1) is 0 Å². The van der Waals surface area contributed by atoms with Crippen molar-refractivity contribution in [2.75, 3.05) is 5.73 Å². The number of thiophene rings is 1. The molecule has 2 N–H and O–H groups in total. The number of anilines is 1. The summed E-state index contributed by atoms with van der Waals surface area (Å²) in [5, 5.41) is 4.00.